The topological polar surface area (TPSA) is 88.7 Å². The molecule has 0 bridgehead atoms. The third-order valence-electron chi connectivity index (χ3n) is 8.03. The van der Waals surface area contributed by atoms with Gasteiger partial charge in [0.05, 0.1) is 29.1 Å². The van der Waals surface area contributed by atoms with E-state index in [1.807, 2.05) is 28.9 Å². The van der Waals surface area contributed by atoms with E-state index in [-0.39, 0.29) is 29.8 Å². The van der Waals surface area contributed by atoms with Gasteiger partial charge in [-0.05, 0) is 82.7 Å². The summed E-state index contributed by atoms with van der Waals surface area (Å²) in [6.07, 6.45) is 2.85. The average molecular weight is 659 g/mol. The molecule has 3 aromatic carbocycles. The Labute approximate surface area is 262 Å². The molecule has 1 aliphatic rings. The Kier molecular flexibility index (Phi) is 7.94. The van der Waals surface area contributed by atoms with Crippen molar-refractivity contribution in [3.8, 4) is 5.69 Å². The maximum absolute atomic E-state index is 14.3. The van der Waals surface area contributed by atoms with E-state index in [0.29, 0.717) is 62.6 Å². The molecule has 1 aliphatic heterocycles. The van der Waals surface area contributed by atoms with E-state index in [1.54, 1.807) is 59.0 Å². The summed E-state index contributed by atoms with van der Waals surface area (Å²) >= 11 is 9.66. The van der Waals surface area contributed by atoms with Gasteiger partial charge in [-0.2, -0.15) is 5.10 Å². The summed E-state index contributed by atoms with van der Waals surface area (Å²) in [5.41, 5.74) is 5.54. The van der Waals surface area contributed by atoms with E-state index < -0.39 is 0 Å². The number of fused-ring (bicyclic) bond motifs is 3. The summed E-state index contributed by atoms with van der Waals surface area (Å²) < 4.78 is 4.22. The highest BCUT2D eigenvalue weighted by molar-refractivity contribution is 9.10. The van der Waals surface area contributed by atoms with E-state index in [0.717, 1.165) is 5.56 Å². The Balaban J connectivity index is 1.47. The predicted molar refractivity (Wildman–Crippen MR) is 170 cm³/mol. The molecule has 0 saturated carbocycles. The van der Waals surface area contributed by atoms with Gasteiger partial charge in [0.2, 0.25) is 0 Å². The maximum atomic E-state index is 14.3. The van der Waals surface area contributed by atoms with E-state index in [1.165, 1.54) is 5.56 Å². The maximum Gasteiger partial charge on any atom is 0.261 e. The number of amides is 2. The van der Waals surface area contributed by atoms with Gasteiger partial charge in [0.1, 0.15) is 5.65 Å². The van der Waals surface area contributed by atoms with Crippen LogP contribution in [-0.2, 0) is 19.4 Å². The van der Waals surface area contributed by atoms with Crippen molar-refractivity contribution in [2.24, 2.45) is 0 Å². The molecule has 6 rings (SSSR count). The molecule has 0 fully saturated rings. The highest BCUT2D eigenvalue weighted by Gasteiger charge is 2.29. The molecule has 5 aromatic rings. The van der Waals surface area contributed by atoms with Gasteiger partial charge in [0.15, 0.2) is 0 Å². The van der Waals surface area contributed by atoms with Gasteiger partial charge in [-0.15, -0.1) is 0 Å². The zero-order chi connectivity index (χ0) is 30.2. The molecule has 10 heteroatoms. The zero-order valence-corrected chi connectivity index (χ0v) is 26.0. The lowest BCUT2D eigenvalue weighted by molar-refractivity contribution is 0.0729. The van der Waals surface area contributed by atoms with Crippen LogP contribution in [0.2, 0.25) is 5.02 Å². The second kappa shape index (κ2) is 11.8. The molecule has 0 spiro atoms. The average Bonchev–Trinajstić information content (AvgIpc) is 3.45. The lowest BCUT2D eigenvalue weighted by Gasteiger charge is -2.30. The van der Waals surface area contributed by atoms with Crippen LogP contribution in [0.4, 0.5) is 0 Å². The summed E-state index contributed by atoms with van der Waals surface area (Å²) in [5.74, 6) is -0.190. The molecule has 218 valence electrons. The molecule has 1 atom stereocenters. The van der Waals surface area contributed by atoms with Crippen LogP contribution in [-0.4, -0.2) is 44.5 Å². The Hall–Kier alpha value is -4.21. The first kappa shape index (κ1) is 28.9. The van der Waals surface area contributed by atoms with Gasteiger partial charge in [0, 0.05) is 40.3 Å². The Morgan fingerprint density at radius 3 is 2.47 bits per heavy atom. The third kappa shape index (κ3) is 5.39. The van der Waals surface area contributed by atoms with Gasteiger partial charge in [-0.25, -0.2) is 4.52 Å². The molecule has 3 heterocycles. The fourth-order valence-electron chi connectivity index (χ4n) is 5.72. The fourth-order valence-corrected chi connectivity index (χ4v) is 6.15. The molecular formula is C33H29BrClN5O3. The minimum atomic E-state index is -0.201. The number of nitrogens with zero attached hydrogens (tertiary/aromatic N) is 4. The number of hydrogen-bond acceptors (Lipinski definition) is 4. The normalized spacial score (nSPS) is 13.5. The van der Waals surface area contributed by atoms with Crippen LogP contribution in [0.5, 0.6) is 0 Å². The minimum Gasteiger partial charge on any atom is -0.355 e. The van der Waals surface area contributed by atoms with Crippen LogP contribution < -0.4 is 10.9 Å². The second-order valence-corrected chi connectivity index (χ2v) is 12.0. The number of halogens is 2. The van der Waals surface area contributed by atoms with Crippen molar-refractivity contribution in [2.75, 3.05) is 13.6 Å². The van der Waals surface area contributed by atoms with Crippen molar-refractivity contribution < 1.29 is 9.59 Å². The molecule has 43 heavy (non-hydrogen) atoms. The Morgan fingerprint density at radius 1 is 1.05 bits per heavy atom. The van der Waals surface area contributed by atoms with Crippen LogP contribution in [0.1, 0.15) is 55.9 Å². The van der Waals surface area contributed by atoms with Crippen molar-refractivity contribution in [2.45, 2.75) is 32.2 Å². The van der Waals surface area contributed by atoms with Crippen LogP contribution in [0, 0.1) is 0 Å². The largest absolute Gasteiger partial charge is 0.355 e. The van der Waals surface area contributed by atoms with Crippen molar-refractivity contribution >= 4 is 45.0 Å². The van der Waals surface area contributed by atoms with Gasteiger partial charge >= 0.3 is 0 Å². The summed E-state index contributed by atoms with van der Waals surface area (Å²) in [4.78, 5) is 41.7. The van der Waals surface area contributed by atoms with E-state index in [2.05, 4.69) is 40.3 Å². The molecule has 8 nitrogen and oxygen atoms in total. The number of aromatic nitrogens is 3. The Bertz CT molecular complexity index is 1920. The number of hydrogen-bond donors (Lipinski definition) is 1. The summed E-state index contributed by atoms with van der Waals surface area (Å²) in [5, 5.41) is 7.88. The molecule has 0 saturated heterocycles. The highest BCUT2D eigenvalue weighted by Crippen LogP contribution is 2.29. The molecule has 0 radical (unpaired) electrons. The second-order valence-electron chi connectivity index (χ2n) is 10.7. The third-order valence-corrected chi connectivity index (χ3v) is 9.26. The van der Waals surface area contributed by atoms with Crippen LogP contribution in [0.15, 0.2) is 88.3 Å². The first-order valence-corrected chi connectivity index (χ1v) is 15.2. The van der Waals surface area contributed by atoms with Gasteiger partial charge in [-0.3, -0.25) is 19.0 Å². The standard InChI is InChI=1S/C33H29BrClN5O3/c1-20(21-6-4-3-5-7-21)16-24-18-37-40-29-19-38(32(42)23-10-13-27(34)28(35)17-23)15-14-26(29)33(43)39(31(24)40)25-11-8-22(9-12-25)30(41)36-2/h3-13,17-18,20H,14-16,19H2,1-2H3,(H,36,41)/t20-/m0/s1. The van der Waals surface area contributed by atoms with Crippen molar-refractivity contribution in [3.63, 3.8) is 0 Å². The van der Waals surface area contributed by atoms with Crippen LogP contribution >= 0.6 is 27.5 Å². The van der Waals surface area contributed by atoms with Gasteiger partial charge in [-0.1, -0.05) is 48.9 Å². The number of benzene rings is 3. The van der Waals surface area contributed by atoms with Crippen molar-refractivity contribution in [1.29, 1.82) is 0 Å². The number of rotatable bonds is 6. The first-order valence-electron chi connectivity index (χ1n) is 14.0. The lowest BCUT2D eigenvalue weighted by Crippen LogP contribution is -2.41. The fraction of sp³-hybridized carbons (Fsp3) is 0.212. The number of nitrogens with one attached hydrogen (secondary N) is 1. The van der Waals surface area contributed by atoms with Crippen LogP contribution in [0.25, 0.3) is 11.3 Å². The highest BCUT2D eigenvalue weighted by atomic mass is 79.9. The zero-order valence-electron chi connectivity index (χ0n) is 23.7. The minimum absolute atomic E-state index is 0.150. The van der Waals surface area contributed by atoms with Crippen molar-refractivity contribution in [1.82, 2.24) is 24.4 Å². The van der Waals surface area contributed by atoms with Gasteiger partial charge in [0.25, 0.3) is 17.4 Å². The number of carbonyl (C=O) groups excluding carboxylic acids is 2. The quantitative estimate of drug-likeness (QED) is 0.250. The van der Waals surface area contributed by atoms with Gasteiger partial charge < -0.3 is 10.2 Å². The Morgan fingerprint density at radius 2 is 1.77 bits per heavy atom. The van der Waals surface area contributed by atoms with Crippen LogP contribution in [0.3, 0.4) is 0 Å². The molecular weight excluding hydrogens is 630 g/mol. The van der Waals surface area contributed by atoms with E-state index >= 15 is 0 Å². The smallest absolute Gasteiger partial charge is 0.261 e. The molecule has 2 amide bonds. The molecule has 2 aromatic heterocycles. The summed E-state index contributed by atoms with van der Waals surface area (Å²) in [7, 11) is 1.58. The predicted octanol–water partition coefficient (Wildman–Crippen LogP) is 5.81. The lowest BCUT2D eigenvalue weighted by atomic mass is 9.95. The SMILES string of the molecule is CNC(=O)c1ccc(-n2c(=O)c3c(n4ncc(C[C@H](C)c5ccccc5)c24)CN(C(=O)c2ccc(Br)c(Cl)c2)CC3)cc1. The summed E-state index contributed by atoms with van der Waals surface area (Å²) in [6.45, 7) is 2.77. The summed E-state index contributed by atoms with van der Waals surface area (Å²) in [6, 6.07) is 22.4. The first-order chi connectivity index (χ1) is 20.8. The van der Waals surface area contributed by atoms with E-state index in [4.69, 9.17) is 16.7 Å². The molecule has 0 aliphatic carbocycles. The van der Waals surface area contributed by atoms with Crippen molar-refractivity contribution in [3.05, 3.63) is 132 Å². The monoisotopic (exact) mass is 657 g/mol. The molecule has 0 unspecified atom stereocenters. The molecule has 1 N–H and O–H groups in total. The van der Waals surface area contributed by atoms with E-state index in [9.17, 15) is 14.4 Å². The number of carbonyl (C=O) groups is 2.